The van der Waals surface area contributed by atoms with Gasteiger partial charge in [-0.05, 0) is 13.8 Å². The maximum atomic E-state index is 12.9. The number of ether oxygens (including phenoxy) is 2. The highest BCUT2D eigenvalue weighted by Gasteiger charge is 2.58. The lowest BCUT2D eigenvalue weighted by Gasteiger charge is -2.53. The first kappa shape index (κ1) is 23.7. The SMILES string of the molecule is CCOC(CCl)(OCC)C(=NOC)C(=O)NC1C(=O)N2C(C(=O)O)C(O)CS[C@@H]12. The van der Waals surface area contributed by atoms with E-state index in [-0.39, 0.29) is 30.6 Å². The molecule has 0 aliphatic carbocycles. The molecule has 11 nitrogen and oxygen atoms in total. The number of alkyl halides is 1. The minimum Gasteiger partial charge on any atom is -0.480 e. The number of carboxylic acid groups (broad SMARTS) is 1. The van der Waals surface area contributed by atoms with Crippen molar-refractivity contribution in [2.45, 2.75) is 43.2 Å². The Kier molecular flexibility index (Phi) is 8.11. The summed E-state index contributed by atoms with van der Waals surface area (Å²) in [5, 5.41) is 24.8. The average Bonchev–Trinajstić information content (AvgIpc) is 2.69. The van der Waals surface area contributed by atoms with E-state index in [1.807, 2.05) is 0 Å². The third-order valence-electron chi connectivity index (χ3n) is 4.41. The molecule has 0 aromatic carbocycles. The van der Waals surface area contributed by atoms with Crippen LogP contribution in [0.2, 0.25) is 0 Å². The second kappa shape index (κ2) is 9.94. The van der Waals surface area contributed by atoms with Crippen molar-refractivity contribution in [3.63, 3.8) is 0 Å². The van der Waals surface area contributed by atoms with Crippen LogP contribution in [0.25, 0.3) is 0 Å². The largest absolute Gasteiger partial charge is 0.480 e. The van der Waals surface area contributed by atoms with Gasteiger partial charge in [-0.15, -0.1) is 23.4 Å². The molecule has 0 aromatic heterocycles. The zero-order valence-electron chi connectivity index (χ0n) is 16.2. The van der Waals surface area contributed by atoms with Crippen LogP contribution >= 0.6 is 23.4 Å². The van der Waals surface area contributed by atoms with Gasteiger partial charge in [-0.2, -0.15) is 0 Å². The highest BCUT2D eigenvalue weighted by Crippen LogP contribution is 2.38. The Morgan fingerprint density at radius 3 is 2.48 bits per heavy atom. The molecule has 2 saturated heterocycles. The van der Waals surface area contributed by atoms with Crippen molar-refractivity contribution >= 4 is 46.9 Å². The molecule has 29 heavy (non-hydrogen) atoms. The summed E-state index contributed by atoms with van der Waals surface area (Å²) in [6, 6.07) is -2.36. The Morgan fingerprint density at radius 2 is 2.00 bits per heavy atom. The number of β-lactam (4-membered cyclic amide) rings is 1. The van der Waals surface area contributed by atoms with E-state index in [0.29, 0.717) is 0 Å². The molecule has 0 spiro atoms. The van der Waals surface area contributed by atoms with E-state index in [2.05, 4.69) is 10.5 Å². The Hall–Kier alpha value is -1.60. The number of carbonyl (C=O) groups is 3. The van der Waals surface area contributed by atoms with Crippen molar-refractivity contribution in [2.75, 3.05) is 32.0 Å². The van der Waals surface area contributed by atoms with Crippen LogP contribution in [0.4, 0.5) is 0 Å². The minimum atomic E-state index is -1.68. The molecule has 2 aliphatic rings. The molecular weight excluding hydrogens is 430 g/mol. The summed E-state index contributed by atoms with van der Waals surface area (Å²) in [7, 11) is 1.23. The van der Waals surface area contributed by atoms with Crippen LogP contribution in [0.3, 0.4) is 0 Å². The molecule has 2 amide bonds. The summed E-state index contributed by atoms with van der Waals surface area (Å²) in [5.41, 5.74) is -0.305. The first-order chi connectivity index (χ1) is 13.8. The molecular formula is C16H24ClN3O8S. The number of aliphatic hydroxyl groups excluding tert-OH is 1. The molecule has 0 radical (unpaired) electrons. The number of nitrogens with zero attached hydrogens (tertiary/aromatic N) is 2. The highest BCUT2D eigenvalue weighted by molar-refractivity contribution is 8.00. The van der Waals surface area contributed by atoms with E-state index in [4.69, 9.17) is 25.9 Å². The van der Waals surface area contributed by atoms with Crippen LogP contribution in [0.5, 0.6) is 0 Å². The van der Waals surface area contributed by atoms with Gasteiger partial charge in [0.15, 0.2) is 6.04 Å². The fraction of sp³-hybridized carbons (Fsp3) is 0.750. The van der Waals surface area contributed by atoms with Crippen molar-refractivity contribution < 1.29 is 38.9 Å². The highest BCUT2D eigenvalue weighted by atomic mass is 35.5. The lowest BCUT2D eigenvalue weighted by atomic mass is 9.99. The number of aliphatic carboxylic acids is 1. The molecule has 3 N–H and O–H groups in total. The summed E-state index contributed by atoms with van der Waals surface area (Å²) < 4.78 is 11.1. The van der Waals surface area contributed by atoms with Crippen molar-refractivity contribution in [1.82, 2.24) is 10.2 Å². The van der Waals surface area contributed by atoms with Gasteiger partial charge in [-0.25, -0.2) is 4.79 Å². The maximum Gasteiger partial charge on any atom is 0.329 e. The standard InChI is InChI=1S/C16H24ClN3O8S/c1-4-27-16(7-17,28-5-2)11(19-26-3)12(22)18-9-13(23)20-10(15(24)25)8(21)6-29-14(9)20/h8-10,14,21H,4-7H2,1-3H3,(H,18,22)(H,24,25)/t8?,9?,10?,14-/m0/s1. The molecule has 2 aliphatic heterocycles. The van der Waals surface area contributed by atoms with Crippen LogP contribution in [0.15, 0.2) is 5.16 Å². The minimum absolute atomic E-state index is 0.111. The monoisotopic (exact) mass is 453 g/mol. The maximum absolute atomic E-state index is 12.9. The van der Waals surface area contributed by atoms with Gasteiger partial charge in [0.25, 0.3) is 5.91 Å². The number of fused-ring (bicyclic) bond motifs is 1. The van der Waals surface area contributed by atoms with Gasteiger partial charge in [0.2, 0.25) is 17.4 Å². The number of hydrogen-bond donors (Lipinski definition) is 3. The third-order valence-corrected chi connectivity index (χ3v) is 6.14. The molecule has 13 heteroatoms. The topological polar surface area (TPSA) is 147 Å². The Morgan fingerprint density at radius 1 is 1.38 bits per heavy atom. The zero-order chi connectivity index (χ0) is 21.8. The summed E-state index contributed by atoms with van der Waals surface area (Å²) in [6.07, 6.45) is -1.19. The van der Waals surface area contributed by atoms with E-state index in [9.17, 15) is 24.6 Å². The van der Waals surface area contributed by atoms with Crippen LogP contribution in [0, 0.1) is 0 Å². The first-order valence-electron chi connectivity index (χ1n) is 8.88. The van der Waals surface area contributed by atoms with Gasteiger partial charge in [-0.3, -0.25) is 9.59 Å². The fourth-order valence-corrected chi connectivity index (χ4v) is 4.85. The molecule has 2 fully saturated rings. The van der Waals surface area contributed by atoms with Gasteiger partial charge in [0.1, 0.15) is 18.5 Å². The first-order valence-corrected chi connectivity index (χ1v) is 10.5. The van der Waals surface area contributed by atoms with Crippen molar-refractivity contribution in [3.8, 4) is 0 Å². The Labute approximate surface area is 176 Å². The number of aliphatic hydroxyl groups is 1. The number of amides is 2. The fourth-order valence-electron chi connectivity index (χ4n) is 3.22. The Balaban J connectivity index is 2.22. The number of halogens is 1. The van der Waals surface area contributed by atoms with E-state index < -0.39 is 47.1 Å². The lowest BCUT2D eigenvalue weighted by Crippen LogP contribution is -2.77. The molecule has 3 unspecified atom stereocenters. The summed E-state index contributed by atoms with van der Waals surface area (Å²) in [6.45, 7) is 3.70. The average molecular weight is 454 g/mol. The molecule has 2 heterocycles. The quantitative estimate of drug-likeness (QED) is 0.127. The second-order valence-corrected chi connectivity index (χ2v) is 7.56. The predicted molar refractivity (Wildman–Crippen MR) is 104 cm³/mol. The van der Waals surface area contributed by atoms with Gasteiger partial charge >= 0.3 is 5.97 Å². The summed E-state index contributed by atoms with van der Waals surface area (Å²) >= 11 is 7.18. The number of carbonyl (C=O) groups excluding carboxylic acids is 2. The van der Waals surface area contributed by atoms with Crippen molar-refractivity contribution in [2.24, 2.45) is 5.16 Å². The number of hydrogen-bond acceptors (Lipinski definition) is 9. The number of carboxylic acids is 1. The number of thioether (sulfide) groups is 1. The van der Waals surface area contributed by atoms with E-state index in [0.717, 1.165) is 4.90 Å². The number of nitrogens with one attached hydrogen (secondary N) is 1. The van der Waals surface area contributed by atoms with Crippen LogP contribution in [-0.4, -0.2) is 99.9 Å². The third kappa shape index (κ3) is 4.45. The molecule has 4 atom stereocenters. The van der Waals surface area contributed by atoms with E-state index >= 15 is 0 Å². The lowest BCUT2D eigenvalue weighted by molar-refractivity contribution is -0.173. The zero-order valence-corrected chi connectivity index (χ0v) is 17.7. The molecule has 164 valence electrons. The van der Waals surface area contributed by atoms with Crippen LogP contribution in [-0.2, 0) is 28.7 Å². The van der Waals surface area contributed by atoms with Crippen LogP contribution < -0.4 is 5.32 Å². The Bertz CT molecular complexity index is 673. The van der Waals surface area contributed by atoms with Crippen molar-refractivity contribution in [3.05, 3.63) is 0 Å². The van der Waals surface area contributed by atoms with Gasteiger partial charge in [-0.1, -0.05) is 5.16 Å². The number of rotatable bonds is 10. The smallest absolute Gasteiger partial charge is 0.329 e. The van der Waals surface area contributed by atoms with Crippen LogP contribution in [0.1, 0.15) is 13.8 Å². The van der Waals surface area contributed by atoms with Crippen molar-refractivity contribution in [1.29, 1.82) is 0 Å². The number of oxime groups is 1. The summed E-state index contributed by atoms with van der Waals surface area (Å²) in [4.78, 5) is 42.6. The van der Waals surface area contributed by atoms with Gasteiger partial charge < -0.3 is 34.7 Å². The molecule has 0 saturated carbocycles. The second-order valence-electron chi connectivity index (χ2n) is 6.15. The predicted octanol–water partition coefficient (Wildman–Crippen LogP) is -0.789. The van der Waals surface area contributed by atoms with E-state index in [1.165, 1.54) is 18.9 Å². The molecule has 2 rings (SSSR count). The van der Waals surface area contributed by atoms with E-state index in [1.54, 1.807) is 13.8 Å². The van der Waals surface area contributed by atoms with Gasteiger partial charge in [0.05, 0.1) is 12.0 Å². The van der Waals surface area contributed by atoms with Gasteiger partial charge in [0, 0.05) is 19.0 Å². The summed E-state index contributed by atoms with van der Waals surface area (Å²) in [5.74, 6) is -4.57. The molecule has 0 bridgehead atoms. The molecule has 0 aromatic rings. The normalized spacial score (nSPS) is 27.1.